The van der Waals surface area contributed by atoms with Gasteiger partial charge in [0.1, 0.15) is 11.5 Å². The van der Waals surface area contributed by atoms with E-state index in [2.05, 4.69) is 80.8 Å². The van der Waals surface area contributed by atoms with Crippen molar-refractivity contribution in [1.29, 1.82) is 0 Å². The summed E-state index contributed by atoms with van der Waals surface area (Å²) < 4.78 is 6.02. The van der Waals surface area contributed by atoms with E-state index in [0.717, 1.165) is 10.9 Å². The molecule has 0 bridgehead atoms. The number of nitrogens with two attached hydrogens (primary N) is 1. The van der Waals surface area contributed by atoms with Crippen LogP contribution >= 0.6 is 0 Å². The molecule has 0 aromatic heterocycles. The summed E-state index contributed by atoms with van der Waals surface area (Å²) in [7, 11) is -1.31. The Labute approximate surface area is 179 Å². The Bertz CT molecular complexity index is 1220. The number of hydrogen-bond acceptors (Lipinski definition) is 2. The van der Waals surface area contributed by atoms with Gasteiger partial charge in [-0.15, -0.1) is 0 Å². The smallest absolute Gasteiger partial charge is 0.150 e. The molecule has 2 N–H and O–H groups in total. The minimum atomic E-state index is -1.31. The molecule has 0 aliphatic carbocycles. The van der Waals surface area contributed by atoms with Crippen molar-refractivity contribution >= 4 is 35.5 Å². The van der Waals surface area contributed by atoms with Crippen LogP contribution in [0.3, 0.4) is 0 Å². The second-order valence-electron chi connectivity index (χ2n) is 8.60. The third kappa shape index (κ3) is 3.89. The predicted molar refractivity (Wildman–Crippen MR) is 133 cm³/mol. The first-order chi connectivity index (χ1) is 14.3. The number of rotatable bonds is 5. The van der Waals surface area contributed by atoms with Gasteiger partial charge in [-0.3, -0.25) is 0 Å². The van der Waals surface area contributed by atoms with Crippen molar-refractivity contribution in [2.75, 3.05) is 5.73 Å². The summed E-state index contributed by atoms with van der Waals surface area (Å²) in [6, 6.07) is 29.2. The Morgan fingerprint density at radius 1 is 0.767 bits per heavy atom. The maximum Gasteiger partial charge on any atom is 0.150 e. The average Bonchev–Trinajstić information content (AvgIpc) is 2.74. The first kappa shape index (κ1) is 20.0. The van der Waals surface area contributed by atoms with Crippen molar-refractivity contribution in [3.8, 4) is 16.9 Å². The third-order valence-corrected chi connectivity index (χ3v) is 7.50. The Kier molecular flexibility index (Phi) is 5.23. The molecule has 150 valence electrons. The maximum atomic E-state index is 6.04. The standard InChI is InChI=1S/C27H27NOSi/c1-19(29-27-12-8-7-11-26(27)28)22-17-18-23(25-10-6-5-9-24(22)25)20-13-15-21(16-14-20)30(2,3)4/h5-18H,1,28H2,2-4H3. The van der Waals surface area contributed by atoms with Gasteiger partial charge >= 0.3 is 0 Å². The van der Waals surface area contributed by atoms with Crippen LogP contribution in [0.25, 0.3) is 27.7 Å². The van der Waals surface area contributed by atoms with Gasteiger partial charge in [0.05, 0.1) is 13.8 Å². The van der Waals surface area contributed by atoms with Crippen molar-refractivity contribution in [2.45, 2.75) is 19.6 Å². The number of benzene rings is 4. The van der Waals surface area contributed by atoms with Crippen molar-refractivity contribution in [3.63, 3.8) is 0 Å². The zero-order chi connectivity index (χ0) is 21.3. The summed E-state index contributed by atoms with van der Waals surface area (Å²) in [5, 5.41) is 3.76. The van der Waals surface area contributed by atoms with Gasteiger partial charge in [0.25, 0.3) is 0 Å². The fraction of sp³-hybridized carbons (Fsp3) is 0.111. The highest BCUT2D eigenvalue weighted by molar-refractivity contribution is 6.88. The Balaban J connectivity index is 1.75. The van der Waals surface area contributed by atoms with Gasteiger partial charge in [-0.2, -0.15) is 0 Å². The third-order valence-electron chi connectivity index (χ3n) is 5.44. The normalized spacial score (nSPS) is 11.4. The second-order valence-corrected chi connectivity index (χ2v) is 13.7. The van der Waals surface area contributed by atoms with Gasteiger partial charge in [0.2, 0.25) is 0 Å². The quantitative estimate of drug-likeness (QED) is 0.226. The zero-order valence-electron chi connectivity index (χ0n) is 17.8. The number of para-hydroxylation sites is 2. The van der Waals surface area contributed by atoms with E-state index >= 15 is 0 Å². The summed E-state index contributed by atoms with van der Waals surface area (Å²) in [5.74, 6) is 1.21. The first-order valence-electron chi connectivity index (χ1n) is 10.2. The molecule has 3 heteroatoms. The molecular formula is C27H27NOSi. The van der Waals surface area contributed by atoms with Gasteiger partial charge in [0.15, 0.2) is 0 Å². The molecule has 4 aromatic carbocycles. The van der Waals surface area contributed by atoms with Crippen LogP contribution in [0.5, 0.6) is 5.75 Å². The van der Waals surface area contributed by atoms with Crippen LogP contribution in [0.1, 0.15) is 5.56 Å². The number of anilines is 1. The lowest BCUT2D eigenvalue weighted by molar-refractivity contribution is 0.520. The van der Waals surface area contributed by atoms with Crippen LogP contribution in [0.15, 0.2) is 91.5 Å². The summed E-state index contributed by atoms with van der Waals surface area (Å²) in [4.78, 5) is 0. The highest BCUT2D eigenvalue weighted by Gasteiger charge is 2.17. The first-order valence-corrected chi connectivity index (χ1v) is 13.7. The van der Waals surface area contributed by atoms with Gasteiger partial charge in [-0.25, -0.2) is 0 Å². The Morgan fingerprint density at radius 3 is 2.07 bits per heavy atom. The van der Waals surface area contributed by atoms with E-state index < -0.39 is 8.07 Å². The topological polar surface area (TPSA) is 35.2 Å². The van der Waals surface area contributed by atoms with Gasteiger partial charge in [0, 0.05) is 5.56 Å². The molecule has 0 unspecified atom stereocenters. The molecule has 0 heterocycles. The fourth-order valence-electron chi connectivity index (χ4n) is 3.70. The molecule has 2 nitrogen and oxygen atoms in total. The number of ether oxygens (including phenoxy) is 1. The fourth-order valence-corrected chi connectivity index (χ4v) is 4.87. The minimum Gasteiger partial charge on any atom is -0.455 e. The molecular weight excluding hydrogens is 382 g/mol. The predicted octanol–water partition coefficient (Wildman–Crippen LogP) is 6.68. The van der Waals surface area contributed by atoms with E-state index in [1.807, 2.05) is 30.3 Å². The van der Waals surface area contributed by atoms with E-state index in [1.54, 1.807) is 0 Å². The highest BCUT2D eigenvalue weighted by Crippen LogP contribution is 2.34. The van der Waals surface area contributed by atoms with Gasteiger partial charge in [-0.05, 0) is 40.1 Å². The number of hydrogen-bond donors (Lipinski definition) is 1. The number of fused-ring (bicyclic) bond motifs is 1. The molecule has 0 radical (unpaired) electrons. The molecule has 0 spiro atoms. The van der Waals surface area contributed by atoms with Crippen LogP contribution in [0.2, 0.25) is 19.6 Å². The molecule has 0 amide bonds. The number of nitrogen functional groups attached to an aromatic ring is 1. The molecule has 0 aliphatic heterocycles. The van der Waals surface area contributed by atoms with Crippen LogP contribution in [-0.2, 0) is 0 Å². The SMILES string of the molecule is C=C(Oc1ccccc1N)c1ccc(-c2ccc([Si](C)(C)C)cc2)c2ccccc12. The lowest BCUT2D eigenvalue weighted by atomic mass is 9.94. The second kappa shape index (κ2) is 7.85. The van der Waals surface area contributed by atoms with E-state index in [1.165, 1.54) is 21.7 Å². The van der Waals surface area contributed by atoms with Crippen molar-refractivity contribution in [3.05, 3.63) is 97.1 Å². The summed E-state index contributed by atoms with van der Waals surface area (Å²) >= 11 is 0. The van der Waals surface area contributed by atoms with E-state index in [-0.39, 0.29) is 0 Å². The Morgan fingerprint density at radius 2 is 1.40 bits per heavy atom. The molecule has 4 rings (SSSR count). The summed E-state index contributed by atoms with van der Waals surface area (Å²) in [6.07, 6.45) is 0. The Hall–Kier alpha value is -3.30. The monoisotopic (exact) mass is 409 g/mol. The van der Waals surface area contributed by atoms with Crippen molar-refractivity contribution in [1.82, 2.24) is 0 Å². The van der Waals surface area contributed by atoms with Crippen LogP contribution < -0.4 is 15.7 Å². The van der Waals surface area contributed by atoms with Gasteiger partial charge in [-0.1, -0.05) is 98.1 Å². The molecule has 0 saturated heterocycles. The van der Waals surface area contributed by atoms with Crippen LogP contribution in [0, 0.1) is 0 Å². The van der Waals surface area contributed by atoms with Crippen LogP contribution in [-0.4, -0.2) is 8.07 Å². The van der Waals surface area contributed by atoms with Crippen molar-refractivity contribution in [2.24, 2.45) is 0 Å². The summed E-state index contributed by atoms with van der Waals surface area (Å²) in [6.45, 7) is 11.3. The molecule has 4 aromatic rings. The molecule has 0 aliphatic rings. The van der Waals surface area contributed by atoms with E-state index in [4.69, 9.17) is 10.5 Å². The zero-order valence-corrected chi connectivity index (χ0v) is 18.8. The van der Waals surface area contributed by atoms with Crippen molar-refractivity contribution < 1.29 is 4.74 Å². The minimum absolute atomic E-state index is 0.588. The van der Waals surface area contributed by atoms with E-state index in [0.29, 0.717) is 17.2 Å². The molecule has 30 heavy (non-hydrogen) atoms. The lowest BCUT2D eigenvalue weighted by Gasteiger charge is -2.18. The maximum absolute atomic E-state index is 6.04. The van der Waals surface area contributed by atoms with Gasteiger partial charge < -0.3 is 10.5 Å². The van der Waals surface area contributed by atoms with Crippen LogP contribution in [0.4, 0.5) is 5.69 Å². The largest absolute Gasteiger partial charge is 0.455 e. The highest BCUT2D eigenvalue weighted by atomic mass is 28.3. The molecule has 0 saturated carbocycles. The molecule has 0 fully saturated rings. The lowest BCUT2D eigenvalue weighted by Crippen LogP contribution is -2.37. The molecule has 0 atom stereocenters. The average molecular weight is 410 g/mol. The van der Waals surface area contributed by atoms with E-state index in [9.17, 15) is 0 Å². The summed E-state index contributed by atoms with van der Waals surface area (Å²) in [5.41, 5.74) is 10.0.